The molecule has 0 aliphatic heterocycles. The second-order valence-corrected chi connectivity index (χ2v) is 3.09. The van der Waals surface area contributed by atoms with Crippen LogP contribution in [0.3, 0.4) is 0 Å². The first kappa shape index (κ1) is 14.0. The number of carbonyl (C=O) groups is 1. The van der Waals surface area contributed by atoms with Crippen molar-refractivity contribution in [3.63, 3.8) is 0 Å². The fourth-order valence-corrected chi connectivity index (χ4v) is 1.12. The molecule has 0 aromatic carbocycles. The van der Waals surface area contributed by atoms with Crippen molar-refractivity contribution in [1.82, 2.24) is 10.2 Å². The van der Waals surface area contributed by atoms with Gasteiger partial charge in [-0.25, -0.2) is 4.79 Å². The summed E-state index contributed by atoms with van der Waals surface area (Å²) >= 11 is 0. The van der Waals surface area contributed by atoms with E-state index in [1.807, 2.05) is 19.9 Å². The van der Waals surface area contributed by atoms with Crippen LogP contribution in [-0.2, 0) is 4.74 Å². The summed E-state index contributed by atoms with van der Waals surface area (Å²) in [5.41, 5.74) is 0. The Morgan fingerprint density at radius 1 is 1.40 bits per heavy atom. The molecule has 2 amide bonds. The third-order valence-electron chi connectivity index (χ3n) is 2.04. The van der Waals surface area contributed by atoms with Crippen LogP contribution in [0.25, 0.3) is 0 Å². The molecule has 0 bridgehead atoms. The molecule has 15 heavy (non-hydrogen) atoms. The molecule has 0 saturated carbocycles. The Morgan fingerprint density at radius 2 is 2.07 bits per heavy atom. The van der Waals surface area contributed by atoms with Gasteiger partial charge >= 0.3 is 6.03 Å². The molecule has 1 N–H and O–H groups in total. The van der Waals surface area contributed by atoms with Gasteiger partial charge in [-0.1, -0.05) is 6.08 Å². The number of urea groups is 1. The molecule has 4 nitrogen and oxygen atoms in total. The monoisotopic (exact) mass is 214 g/mol. The number of hydrogen-bond donors (Lipinski definition) is 1. The third kappa shape index (κ3) is 6.96. The molecule has 0 spiro atoms. The highest BCUT2D eigenvalue weighted by molar-refractivity contribution is 5.73. The second kappa shape index (κ2) is 9.52. The van der Waals surface area contributed by atoms with Gasteiger partial charge in [0.2, 0.25) is 0 Å². The molecule has 0 aliphatic carbocycles. The zero-order chi connectivity index (χ0) is 11.5. The van der Waals surface area contributed by atoms with E-state index in [1.54, 1.807) is 4.90 Å². The number of rotatable bonds is 8. The molecule has 0 aromatic heterocycles. The standard InChI is InChI=1S/C11H22N2O2/c1-4-7-9-15-10-8-12-11(14)13(5-2)6-3/h4H,1,5-10H2,2-3H3,(H,12,14). The zero-order valence-electron chi connectivity index (χ0n) is 9.79. The average molecular weight is 214 g/mol. The summed E-state index contributed by atoms with van der Waals surface area (Å²) in [5.74, 6) is 0. The molecule has 4 heteroatoms. The molecule has 0 atom stereocenters. The van der Waals surface area contributed by atoms with E-state index in [4.69, 9.17) is 4.74 Å². The number of ether oxygens (including phenoxy) is 1. The Morgan fingerprint density at radius 3 is 2.60 bits per heavy atom. The molecule has 0 rings (SSSR count). The number of amides is 2. The van der Waals surface area contributed by atoms with E-state index in [1.165, 1.54) is 0 Å². The first-order valence-corrected chi connectivity index (χ1v) is 5.47. The molecule has 88 valence electrons. The molecule has 0 fully saturated rings. The van der Waals surface area contributed by atoms with Gasteiger partial charge in [-0.2, -0.15) is 0 Å². The summed E-state index contributed by atoms with van der Waals surface area (Å²) < 4.78 is 5.27. The van der Waals surface area contributed by atoms with Gasteiger partial charge in [0.1, 0.15) is 0 Å². The van der Waals surface area contributed by atoms with Crippen molar-refractivity contribution in [3.05, 3.63) is 12.7 Å². The minimum absolute atomic E-state index is 0.0210. The predicted molar refractivity (Wildman–Crippen MR) is 62.0 cm³/mol. The minimum Gasteiger partial charge on any atom is -0.379 e. The Bertz CT molecular complexity index is 179. The molecule has 0 saturated heterocycles. The molecule has 0 aliphatic rings. The lowest BCUT2D eigenvalue weighted by Gasteiger charge is -2.19. The first-order valence-electron chi connectivity index (χ1n) is 5.47. The van der Waals surface area contributed by atoms with Crippen molar-refractivity contribution in [1.29, 1.82) is 0 Å². The van der Waals surface area contributed by atoms with Crippen LogP contribution in [0, 0.1) is 0 Å². The minimum atomic E-state index is -0.0210. The first-order chi connectivity index (χ1) is 7.26. The summed E-state index contributed by atoms with van der Waals surface area (Å²) in [6.45, 7) is 10.8. The van der Waals surface area contributed by atoms with E-state index >= 15 is 0 Å². The second-order valence-electron chi connectivity index (χ2n) is 3.09. The summed E-state index contributed by atoms with van der Waals surface area (Å²) in [5, 5.41) is 2.80. The van der Waals surface area contributed by atoms with E-state index < -0.39 is 0 Å². The maximum atomic E-state index is 11.4. The van der Waals surface area contributed by atoms with Gasteiger partial charge in [-0.3, -0.25) is 0 Å². The average Bonchev–Trinajstić information content (AvgIpc) is 2.25. The van der Waals surface area contributed by atoms with Gasteiger partial charge in [-0.05, 0) is 20.3 Å². The molecule has 0 radical (unpaired) electrons. The highest BCUT2D eigenvalue weighted by Crippen LogP contribution is 1.87. The Hall–Kier alpha value is -1.03. The molecule has 0 aromatic rings. The van der Waals surface area contributed by atoms with Gasteiger partial charge in [-0.15, -0.1) is 6.58 Å². The molecule has 0 heterocycles. The summed E-state index contributed by atoms with van der Waals surface area (Å²) in [6.07, 6.45) is 2.67. The van der Waals surface area contributed by atoms with Crippen molar-refractivity contribution in [3.8, 4) is 0 Å². The zero-order valence-corrected chi connectivity index (χ0v) is 9.79. The fraction of sp³-hybridized carbons (Fsp3) is 0.727. The number of nitrogens with zero attached hydrogens (tertiary/aromatic N) is 1. The largest absolute Gasteiger partial charge is 0.379 e. The highest BCUT2D eigenvalue weighted by Gasteiger charge is 2.06. The van der Waals surface area contributed by atoms with Crippen molar-refractivity contribution >= 4 is 6.03 Å². The van der Waals surface area contributed by atoms with Crippen LogP contribution in [0.2, 0.25) is 0 Å². The van der Waals surface area contributed by atoms with Crippen LogP contribution in [0.1, 0.15) is 20.3 Å². The van der Waals surface area contributed by atoms with Crippen molar-refractivity contribution in [2.24, 2.45) is 0 Å². The van der Waals surface area contributed by atoms with Crippen LogP contribution in [0.4, 0.5) is 4.79 Å². The van der Waals surface area contributed by atoms with Gasteiger partial charge < -0.3 is 15.0 Å². The van der Waals surface area contributed by atoms with Gasteiger partial charge in [0.05, 0.1) is 13.2 Å². The van der Waals surface area contributed by atoms with Crippen LogP contribution < -0.4 is 5.32 Å². The Balaban J connectivity index is 3.41. The SMILES string of the molecule is C=CCCOCCNC(=O)N(CC)CC. The number of hydrogen-bond acceptors (Lipinski definition) is 2. The van der Waals surface area contributed by atoms with Crippen LogP contribution in [0.15, 0.2) is 12.7 Å². The van der Waals surface area contributed by atoms with Crippen LogP contribution in [0.5, 0.6) is 0 Å². The summed E-state index contributed by atoms with van der Waals surface area (Å²) in [7, 11) is 0. The van der Waals surface area contributed by atoms with Crippen LogP contribution >= 0.6 is 0 Å². The lowest BCUT2D eigenvalue weighted by Crippen LogP contribution is -2.40. The Labute approximate surface area is 92.3 Å². The normalized spacial score (nSPS) is 9.73. The van der Waals surface area contributed by atoms with E-state index in [-0.39, 0.29) is 6.03 Å². The number of nitrogens with one attached hydrogen (secondary N) is 1. The van der Waals surface area contributed by atoms with Crippen LogP contribution in [-0.4, -0.2) is 43.8 Å². The van der Waals surface area contributed by atoms with Gasteiger partial charge in [0, 0.05) is 19.6 Å². The maximum Gasteiger partial charge on any atom is 0.317 e. The fourth-order valence-electron chi connectivity index (χ4n) is 1.12. The maximum absolute atomic E-state index is 11.4. The summed E-state index contributed by atoms with van der Waals surface area (Å²) in [6, 6.07) is -0.0210. The van der Waals surface area contributed by atoms with Gasteiger partial charge in [0.15, 0.2) is 0 Å². The molecule has 0 unspecified atom stereocenters. The van der Waals surface area contributed by atoms with E-state index in [0.717, 1.165) is 19.5 Å². The topological polar surface area (TPSA) is 41.6 Å². The van der Waals surface area contributed by atoms with Crippen molar-refractivity contribution < 1.29 is 9.53 Å². The Kier molecular flexibility index (Phi) is 8.87. The summed E-state index contributed by atoms with van der Waals surface area (Å²) in [4.78, 5) is 13.2. The third-order valence-corrected chi connectivity index (χ3v) is 2.04. The lowest BCUT2D eigenvalue weighted by molar-refractivity contribution is 0.138. The van der Waals surface area contributed by atoms with E-state index in [0.29, 0.717) is 19.8 Å². The molecular weight excluding hydrogens is 192 g/mol. The van der Waals surface area contributed by atoms with E-state index in [9.17, 15) is 4.79 Å². The van der Waals surface area contributed by atoms with Crippen molar-refractivity contribution in [2.75, 3.05) is 32.8 Å². The molecular formula is C11H22N2O2. The number of carbonyl (C=O) groups excluding carboxylic acids is 1. The quantitative estimate of drug-likeness (QED) is 0.493. The highest BCUT2D eigenvalue weighted by atomic mass is 16.5. The van der Waals surface area contributed by atoms with E-state index in [2.05, 4.69) is 11.9 Å². The predicted octanol–water partition coefficient (Wildman–Crippen LogP) is 1.63. The van der Waals surface area contributed by atoms with Gasteiger partial charge in [0.25, 0.3) is 0 Å². The van der Waals surface area contributed by atoms with Crippen molar-refractivity contribution in [2.45, 2.75) is 20.3 Å². The lowest BCUT2D eigenvalue weighted by atomic mass is 10.4. The smallest absolute Gasteiger partial charge is 0.317 e.